The lowest BCUT2D eigenvalue weighted by Gasteiger charge is -2.20. The molecule has 2 nitrogen and oxygen atoms in total. The summed E-state index contributed by atoms with van der Waals surface area (Å²) >= 11 is 0. The number of nitrogens with one attached hydrogen (secondary N) is 1. The molecule has 2 heteroatoms. The molecule has 1 N–H and O–H groups in total. The highest BCUT2D eigenvalue weighted by Gasteiger charge is 2.06. The Bertz CT molecular complexity index is 315. The maximum Gasteiger partial charge on any atom is 0.119 e. The lowest BCUT2D eigenvalue weighted by Crippen LogP contribution is -2.36. The lowest BCUT2D eigenvalue weighted by molar-refractivity contribution is 0.298. The molecule has 0 bridgehead atoms. The fraction of sp³-hybridized carbons (Fsp3) is 0.571. The molecule has 0 aliphatic carbocycles. The summed E-state index contributed by atoms with van der Waals surface area (Å²) in [7, 11) is 0. The third-order valence-corrected chi connectivity index (χ3v) is 2.23. The number of hydrogen-bond donors (Lipinski definition) is 1. The van der Waals surface area contributed by atoms with Gasteiger partial charge in [-0.15, -0.1) is 0 Å². The second kappa shape index (κ2) is 5.90. The third kappa shape index (κ3) is 5.76. The predicted molar refractivity (Wildman–Crippen MR) is 69.0 cm³/mol. The van der Waals surface area contributed by atoms with Crippen LogP contribution in [0.2, 0.25) is 0 Å². The van der Waals surface area contributed by atoms with Crippen LogP contribution in [0.15, 0.2) is 24.3 Å². The van der Waals surface area contributed by atoms with Crippen LogP contribution < -0.4 is 10.1 Å². The molecule has 1 aromatic carbocycles. The summed E-state index contributed by atoms with van der Waals surface area (Å²) < 4.78 is 5.66. The van der Waals surface area contributed by atoms with Gasteiger partial charge in [-0.25, -0.2) is 0 Å². The Morgan fingerprint density at radius 3 is 2.62 bits per heavy atom. The molecule has 0 atom stereocenters. The Morgan fingerprint density at radius 1 is 1.25 bits per heavy atom. The van der Waals surface area contributed by atoms with Gasteiger partial charge in [-0.1, -0.05) is 12.1 Å². The Balaban J connectivity index is 2.17. The van der Waals surface area contributed by atoms with Gasteiger partial charge in [0.2, 0.25) is 0 Å². The number of ether oxygens (including phenoxy) is 1. The summed E-state index contributed by atoms with van der Waals surface area (Å²) in [6.45, 7) is 10.4. The second-order valence-corrected chi connectivity index (χ2v) is 5.20. The summed E-state index contributed by atoms with van der Waals surface area (Å²) in [6, 6.07) is 8.17. The van der Waals surface area contributed by atoms with Crippen LogP contribution in [0.1, 0.15) is 32.8 Å². The molecule has 0 saturated heterocycles. The van der Waals surface area contributed by atoms with Gasteiger partial charge in [-0.2, -0.15) is 0 Å². The van der Waals surface area contributed by atoms with Crippen LogP contribution >= 0.6 is 0 Å². The van der Waals surface area contributed by atoms with Gasteiger partial charge in [-0.3, -0.25) is 0 Å². The molecular formula is C14H23NO. The van der Waals surface area contributed by atoms with Crippen molar-refractivity contribution in [1.82, 2.24) is 5.32 Å². The van der Waals surface area contributed by atoms with Gasteiger partial charge in [0, 0.05) is 5.54 Å². The fourth-order valence-electron chi connectivity index (χ4n) is 1.43. The van der Waals surface area contributed by atoms with Gasteiger partial charge in [-0.05, 0) is 58.4 Å². The zero-order valence-corrected chi connectivity index (χ0v) is 10.8. The van der Waals surface area contributed by atoms with E-state index in [4.69, 9.17) is 4.74 Å². The zero-order valence-electron chi connectivity index (χ0n) is 10.8. The Labute approximate surface area is 99.0 Å². The molecule has 0 amide bonds. The van der Waals surface area contributed by atoms with Gasteiger partial charge in [0.05, 0.1) is 6.61 Å². The molecule has 1 rings (SSSR count). The second-order valence-electron chi connectivity index (χ2n) is 5.20. The van der Waals surface area contributed by atoms with Crippen molar-refractivity contribution in [2.75, 3.05) is 13.2 Å². The van der Waals surface area contributed by atoms with Crippen LogP contribution in [0, 0.1) is 6.92 Å². The average Bonchev–Trinajstić information content (AvgIpc) is 2.15. The highest BCUT2D eigenvalue weighted by atomic mass is 16.5. The van der Waals surface area contributed by atoms with Gasteiger partial charge >= 0.3 is 0 Å². The van der Waals surface area contributed by atoms with Crippen molar-refractivity contribution in [3.63, 3.8) is 0 Å². The zero-order chi connectivity index (χ0) is 12.0. The standard InChI is InChI=1S/C14H23NO/c1-12-7-5-8-13(11-12)16-10-6-9-15-14(2,3)4/h5,7-8,11,15H,6,9-10H2,1-4H3. The minimum atomic E-state index is 0.198. The highest BCUT2D eigenvalue weighted by Crippen LogP contribution is 2.12. The Morgan fingerprint density at radius 2 is 2.00 bits per heavy atom. The third-order valence-electron chi connectivity index (χ3n) is 2.23. The normalized spacial score (nSPS) is 11.5. The first-order valence-corrected chi connectivity index (χ1v) is 5.92. The summed E-state index contributed by atoms with van der Waals surface area (Å²) in [5.74, 6) is 0.968. The predicted octanol–water partition coefficient (Wildman–Crippen LogP) is 3.15. The lowest BCUT2D eigenvalue weighted by atomic mass is 10.1. The van der Waals surface area contributed by atoms with Crippen molar-refractivity contribution >= 4 is 0 Å². The average molecular weight is 221 g/mol. The van der Waals surface area contributed by atoms with E-state index in [1.165, 1.54) is 5.56 Å². The number of benzene rings is 1. The van der Waals surface area contributed by atoms with E-state index in [9.17, 15) is 0 Å². The fourth-order valence-corrected chi connectivity index (χ4v) is 1.43. The van der Waals surface area contributed by atoms with Crippen molar-refractivity contribution in [2.24, 2.45) is 0 Å². The topological polar surface area (TPSA) is 21.3 Å². The van der Waals surface area contributed by atoms with E-state index in [0.29, 0.717) is 0 Å². The van der Waals surface area contributed by atoms with Crippen LogP contribution in [-0.4, -0.2) is 18.7 Å². The van der Waals surface area contributed by atoms with E-state index >= 15 is 0 Å². The van der Waals surface area contributed by atoms with Gasteiger partial charge in [0.1, 0.15) is 5.75 Å². The minimum absolute atomic E-state index is 0.198. The summed E-state index contributed by atoms with van der Waals surface area (Å²) in [4.78, 5) is 0. The smallest absolute Gasteiger partial charge is 0.119 e. The quantitative estimate of drug-likeness (QED) is 0.771. The van der Waals surface area contributed by atoms with E-state index in [1.807, 2.05) is 12.1 Å². The van der Waals surface area contributed by atoms with Crippen LogP contribution in [0.25, 0.3) is 0 Å². The van der Waals surface area contributed by atoms with Crippen molar-refractivity contribution in [1.29, 1.82) is 0 Å². The van der Waals surface area contributed by atoms with Crippen LogP contribution in [0.5, 0.6) is 5.75 Å². The Kier molecular flexibility index (Phi) is 4.81. The first-order chi connectivity index (χ1) is 7.47. The summed E-state index contributed by atoms with van der Waals surface area (Å²) in [5, 5.41) is 3.44. The van der Waals surface area contributed by atoms with E-state index in [2.05, 4.69) is 45.1 Å². The molecule has 16 heavy (non-hydrogen) atoms. The van der Waals surface area contributed by atoms with Gasteiger partial charge < -0.3 is 10.1 Å². The first-order valence-electron chi connectivity index (χ1n) is 5.92. The minimum Gasteiger partial charge on any atom is -0.494 e. The molecule has 0 fully saturated rings. The monoisotopic (exact) mass is 221 g/mol. The van der Waals surface area contributed by atoms with E-state index in [1.54, 1.807) is 0 Å². The summed E-state index contributed by atoms with van der Waals surface area (Å²) in [5.41, 5.74) is 1.44. The first kappa shape index (κ1) is 13.0. The van der Waals surface area contributed by atoms with Crippen LogP contribution in [0.4, 0.5) is 0 Å². The molecule has 0 aliphatic heterocycles. The van der Waals surface area contributed by atoms with Crippen molar-refractivity contribution in [3.8, 4) is 5.75 Å². The van der Waals surface area contributed by atoms with E-state index in [-0.39, 0.29) is 5.54 Å². The molecule has 0 unspecified atom stereocenters. The maximum atomic E-state index is 5.66. The molecule has 0 aromatic heterocycles. The molecule has 0 spiro atoms. The van der Waals surface area contributed by atoms with E-state index in [0.717, 1.165) is 25.3 Å². The van der Waals surface area contributed by atoms with Crippen LogP contribution in [-0.2, 0) is 0 Å². The molecular weight excluding hydrogens is 198 g/mol. The van der Waals surface area contributed by atoms with Crippen molar-refractivity contribution < 1.29 is 4.74 Å². The van der Waals surface area contributed by atoms with Crippen molar-refractivity contribution in [3.05, 3.63) is 29.8 Å². The largest absolute Gasteiger partial charge is 0.494 e. The molecule has 90 valence electrons. The SMILES string of the molecule is Cc1cccc(OCCCNC(C)(C)C)c1. The maximum absolute atomic E-state index is 5.66. The van der Waals surface area contributed by atoms with E-state index < -0.39 is 0 Å². The molecule has 0 saturated carbocycles. The van der Waals surface area contributed by atoms with Crippen molar-refractivity contribution in [2.45, 2.75) is 39.7 Å². The van der Waals surface area contributed by atoms with Gasteiger partial charge in [0.15, 0.2) is 0 Å². The molecule has 0 heterocycles. The highest BCUT2D eigenvalue weighted by molar-refractivity contribution is 5.27. The number of aryl methyl sites for hydroxylation is 1. The molecule has 0 aliphatic rings. The van der Waals surface area contributed by atoms with Gasteiger partial charge in [0.25, 0.3) is 0 Å². The van der Waals surface area contributed by atoms with Crippen LogP contribution in [0.3, 0.4) is 0 Å². The Hall–Kier alpha value is -1.02. The number of rotatable bonds is 5. The number of hydrogen-bond acceptors (Lipinski definition) is 2. The molecule has 1 aromatic rings. The molecule has 0 radical (unpaired) electrons. The summed E-state index contributed by atoms with van der Waals surface area (Å²) in [6.07, 6.45) is 1.03.